The van der Waals surface area contributed by atoms with Gasteiger partial charge in [0.2, 0.25) is 5.91 Å². The molecule has 4 nitrogen and oxygen atoms in total. The van der Waals surface area contributed by atoms with Crippen LogP contribution in [0.3, 0.4) is 0 Å². The number of hydrogen-bond acceptors (Lipinski definition) is 2. The van der Waals surface area contributed by atoms with E-state index in [1.165, 1.54) is 0 Å². The van der Waals surface area contributed by atoms with E-state index in [2.05, 4.69) is 37.2 Å². The number of nitrogens with one attached hydrogen (secondary N) is 1. The minimum atomic E-state index is -0.166. The molecule has 0 unspecified atom stereocenters. The average molecular weight is 404 g/mol. The fraction of sp³-hybridized carbons (Fsp3) is 0.429. The van der Waals surface area contributed by atoms with Crippen LogP contribution in [-0.4, -0.2) is 36.3 Å². The highest BCUT2D eigenvalue weighted by molar-refractivity contribution is 9.11. The van der Waals surface area contributed by atoms with Crippen molar-refractivity contribution in [2.45, 2.75) is 19.3 Å². The molecule has 0 saturated carbocycles. The molecule has 2 rings (SSSR count). The van der Waals surface area contributed by atoms with Crippen LogP contribution in [-0.2, 0) is 4.79 Å². The highest BCUT2D eigenvalue weighted by atomic mass is 79.9. The van der Waals surface area contributed by atoms with Crippen molar-refractivity contribution in [2.24, 2.45) is 0 Å². The molecule has 0 radical (unpaired) electrons. The second-order valence-electron chi connectivity index (χ2n) is 4.75. The summed E-state index contributed by atoms with van der Waals surface area (Å²) in [5, 5.41) is 2.78. The minimum absolute atomic E-state index is 0.123. The topological polar surface area (TPSA) is 49.4 Å². The third kappa shape index (κ3) is 4.31. The van der Waals surface area contributed by atoms with Gasteiger partial charge in [-0.05, 0) is 31.0 Å². The molecule has 1 N–H and O–H groups in total. The zero-order valence-electron chi connectivity index (χ0n) is 11.0. The number of benzene rings is 1. The summed E-state index contributed by atoms with van der Waals surface area (Å²) in [6.07, 6.45) is 2.54. The number of likely N-dealkylation sites (tertiary alicyclic amines) is 1. The van der Waals surface area contributed by atoms with Crippen molar-refractivity contribution in [3.63, 3.8) is 0 Å². The average Bonchev–Trinajstić information content (AvgIpc) is 2.91. The molecule has 20 heavy (non-hydrogen) atoms. The fourth-order valence-electron chi connectivity index (χ4n) is 2.19. The normalized spacial score (nSPS) is 14.4. The molecule has 0 spiro atoms. The van der Waals surface area contributed by atoms with Crippen LogP contribution in [0.4, 0.5) is 0 Å². The summed E-state index contributed by atoms with van der Waals surface area (Å²) in [5.41, 5.74) is 0.569. The summed E-state index contributed by atoms with van der Waals surface area (Å²) in [6.45, 7) is 2.08. The van der Waals surface area contributed by atoms with Crippen LogP contribution in [0.1, 0.15) is 29.6 Å². The zero-order chi connectivity index (χ0) is 14.5. The lowest BCUT2D eigenvalue weighted by molar-refractivity contribution is -0.129. The largest absolute Gasteiger partial charge is 0.352 e. The van der Waals surface area contributed by atoms with E-state index in [9.17, 15) is 9.59 Å². The molecule has 0 aliphatic carbocycles. The standard InChI is InChI=1S/C14H16Br2N2O2/c15-11-7-10(8-12(16)9-11)14(20)17-4-3-13(19)18-5-1-2-6-18/h7-9H,1-6H2,(H,17,20). The number of rotatable bonds is 4. The van der Waals surface area contributed by atoms with Crippen molar-refractivity contribution in [3.05, 3.63) is 32.7 Å². The Labute approximate surface area is 135 Å². The predicted octanol–water partition coefficient (Wildman–Crippen LogP) is 2.95. The van der Waals surface area contributed by atoms with Crippen molar-refractivity contribution < 1.29 is 9.59 Å². The van der Waals surface area contributed by atoms with Crippen LogP contribution in [0.25, 0.3) is 0 Å². The van der Waals surface area contributed by atoms with E-state index in [1.54, 1.807) is 12.1 Å². The Morgan fingerprint density at radius 2 is 1.70 bits per heavy atom. The number of halogens is 2. The molecular weight excluding hydrogens is 388 g/mol. The van der Waals surface area contributed by atoms with E-state index in [0.29, 0.717) is 18.5 Å². The van der Waals surface area contributed by atoms with Gasteiger partial charge < -0.3 is 10.2 Å². The zero-order valence-corrected chi connectivity index (χ0v) is 14.2. The second-order valence-corrected chi connectivity index (χ2v) is 6.58. The molecular formula is C14H16Br2N2O2. The number of amides is 2. The van der Waals surface area contributed by atoms with Gasteiger partial charge in [0.05, 0.1) is 0 Å². The van der Waals surface area contributed by atoms with Crippen molar-refractivity contribution in [2.75, 3.05) is 19.6 Å². The highest BCUT2D eigenvalue weighted by Crippen LogP contribution is 2.20. The maximum Gasteiger partial charge on any atom is 0.251 e. The maximum absolute atomic E-state index is 12.0. The molecule has 1 saturated heterocycles. The smallest absolute Gasteiger partial charge is 0.251 e. The van der Waals surface area contributed by atoms with Crippen molar-refractivity contribution >= 4 is 43.7 Å². The molecule has 1 aliphatic heterocycles. The van der Waals surface area contributed by atoms with E-state index in [0.717, 1.165) is 34.9 Å². The Bertz CT molecular complexity index is 494. The minimum Gasteiger partial charge on any atom is -0.352 e. The van der Waals surface area contributed by atoms with E-state index >= 15 is 0 Å². The quantitative estimate of drug-likeness (QED) is 0.840. The molecule has 1 aromatic rings. The maximum atomic E-state index is 12.0. The Balaban J connectivity index is 1.81. The van der Waals surface area contributed by atoms with Gasteiger partial charge in [-0.2, -0.15) is 0 Å². The third-order valence-corrected chi connectivity index (χ3v) is 4.12. The fourth-order valence-corrected chi connectivity index (χ4v) is 3.49. The van der Waals surface area contributed by atoms with E-state index < -0.39 is 0 Å². The Kier molecular flexibility index (Phi) is 5.60. The van der Waals surface area contributed by atoms with Crippen LogP contribution in [0.15, 0.2) is 27.1 Å². The van der Waals surface area contributed by atoms with Crippen molar-refractivity contribution in [1.29, 1.82) is 0 Å². The molecule has 2 amide bonds. The molecule has 0 aromatic heterocycles. The summed E-state index contributed by atoms with van der Waals surface area (Å²) < 4.78 is 1.68. The first-order valence-electron chi connectivity index (χ1n) is 6.58. The van der Waals surface area contributed by atoms with Gasteiger partial charge in [-0.3, -0.25) is 9.59 Å². The Hall–Kier alpha value is -0.880. The summed E-state index contributed by atoms with van der Waals surface area (Å²) in [7, 11) is 0. The molecule has 0 atom stereocenters. The van der Waals surface area contributed by atoms with Gasteiger partial charge in [-0.15, -0.1) is 0 Å². The molecule has 1 fully saturated rings. The summed E-state index contributed by atoms with van der Waals surface area (Å²) in [4.78, 5) is 25.7. The first kappa shape index (κ1) is 15.5. The van der Waals surface area contributed by atoms with Gasteiger partial charge in [0.15, 0.2) is 0 Å². The SMILES string of the molecule is O=C(NCCC(=O)N1CCCC1)c1cc(Br)cc(Br)c1. The lowest BCUT2D eigenvalue weighted by Gasteiger charge is -2.15. The molecule has 1 aromatic carbocycles. The van der Waals surface area contributed by atoms with Gasteiger partial charge in [0, 0.05) is 40.6 Å². The van der Waals surface area contributed by atoms with Gasteiger partial charge in [-0.1, -0.05) is 31.9 Å². The second kappa shape index (κ2) is 7.22. The summed E-state index contributed by atoms with van der Waals surface area (Å²) in [5.74, 6) is -0.0422. The van der Waals surface area contributed by atoms with Crippen LogP contribution in [0.2, 0.25) is 0 Å². The Morgan fingerprint density at radius 3 is 2.30 bits per heavy atom. The van der Waals surface area contributed by atoms with Gasteiger partial charge >= 0.3 is 0 Å². The number of nitrogens with zero attached hydrogens (tertiary/aromatic N) is 1. The van der Waals surface area contributed by atoms with Crippen LogP contribution < -0.4 is 5.32 Å². The first-order chi connectivity index (χ1) is 9.56. The molecule has 6 heteroatoms. The number of carbonyl (C=O) groups excluding carboxylic acids is 2. The number of hydrogen-bond donors (Lipinski definition) is 1. The van der Waals surface area contributed by atoms with E-state index in [1.807, 2.05) is 11.0 Å². The Morgan fingerprint density at radius 1 is 1.10 bits per heavy atom. The van der Waals surface area contributed by atoms with Crippen LogP contribution >= 0.6 is 31.9 Å². The number of carbonyl (C=O) groups is 2. The van der Waals surface area contributed by atoms with E-state index in [-0.39, 0.29) is 11.8 Å². The lowest BCUT2D eigenvalue weighted by Crippen LogP contribution is -2.32. The van der Waals surface area contributed by atoms with Gasteiger partial charge in [0.1, 0.15) is 0 Å². The summed E-state index contributed by atoms with van der Waals surface area (Å²) >= 11 is 6.69. The van der Waals surface area contributed by atoms with Crippen LogP contribution in [0.5, 0.6) is 0 Å². The highest BCUT2D eigenvalue weighted by Gasteiger charge is 2.17. The van der Waals surface area contributed by atoms with Gasteiger partial charge in [-0.25, -0.2) is 0 Å². The van der Waals surface area contributed by atoms with E-state index in [4.69, 9.17) is 0 Å². The molecule has 0 bridgehead atoms. The molecule has 1 aliphatic rings. The third-order valence-electron chi connectivity index (χ3n) is 3.21. The monoisotopic (exact) mass is 402 g/mol. The summed E-state index contributed by atoms with van der Waals surface area (Å²) in [6, 6.07) is 5.37. The lowest BCUT2D eigenvalue weighted by atomic mass is 10.2. The van der Waals surface area contributed by atoms with Crippen molar-refractivity contribution in [3.8, 4) is 0 Å². The molecule has 108 valence electrons. The molecule has 1 heterocycles. The predicted molar refractivity (Wildman–Crippen MR) is 84.6 cm³/mol. The van der Waals surface area contributed by atoms with Gasteiger partial charge in [0.25, 0.3) is 5.91 Å². The van der Waals surface area contributed by atoms with Crippen LogP contribution in [0, 0.1) is 0 Å². The first-order valence-corrected chi connectivity index (χ1v) is 8.17. The van der Waals surface area contributed by atoms with Crippen molar-refractivity contribution in [1.82, 2.24) is 10.2 Å².